The molecule has 1 unspecified atom stereocenters. The van der Waals surface area contributed by atoms with Gasteiger partial charge in [0, 0.05) is 10.9 Å². The van der Waals surface area contributed by atoms with Crippen molar-refractivity contribution in [2.24, 2.45) is 0 Å². The average Bonchev–Trinajstić information content (AvgIpc) is 3.05. The lowest BCUT2D eigenvalue weighted by Gasteiger charge is -2.19. The van der Waals surface area contributed by atoms with Crippen LogP contribution in [0, 0.1) is 0 Å². The van der Waals surface area contributed by atoms with E-state index in [4.69, 9.17) is 13.9 Å². The highest BCUT2D eigenvalue weighted by Crippen LogP contribution is 2.31. The van der Waals surface area contributed by atoms with Crippen molar-refractivity contribution in [1.29, 1.82) is 0 Å². The minimum absolute atomic E-state index is 0.181. The first kappa shape index (κ1) is 14.6. The van der Waals surface area contributed by atoms with Crippen LogP contribution in [0.15, 0.2) is 52.9 Å². The summed E-state index contributed by atoms with van der Waals surface area (Å²) in [5.41, 5.74) is 1.34. The van der Waals surface area contributed by atoms with Crippen LogP contribution in [-0.4, -0.2) is 19.1 Å². The maximum Gasteiger partial charge on any atom is 0.252 e. The lowest BCUT2D eigenvalue weighted by molar-refractivity contribution is 0.0934. The molecular weight excluding hydrogens is 306 g/mol. The third kappa shape index (κ3) is 2.69. The number of ether oxygens (including phenoxy) is 2. The van der Waals surface area contributed by atoms with Crippen molar-refractivity contribution in [2.75, 3.05) is 13.2 Å². The molecule has 1 atom stereocenters. The highest BCUT2D eigenvalue weighted by atomic mass is 16.6. The van der Waals surface area contributed by atoms with Crippen LogP contribution in [0.4, 0.5) is 0 Å². The minimum Gasteiger partial charge on any atom is -0.486 e. The van der Waals surface area contributed by atoms with E-state index in [0.29, 0.717) is 30.3 Å². The van der Waals surface area contributed by atoms with Crippen molar-refractivity contribution in [3.05, 3.63) is 59.9 Å². The molecule has 24 heavy (non-hydrogen) atoms. The summed E-state index contributed by atoms with van der Waals surface area (Å²) in [6.45, 7) is 2.92. The number of hydrogen-bond acceptors (Lipinski definition) is 4. The van der Waals surface area contributed by atoms with E-state index in [0.717, 1.165) is 16.7 Å². The van der Waals surface area contributed by atoms with Crippen LogP contribution in [0.2, 0.25) is 0 Å². The van der Waals surface area contributed by atoms with Crippen LogP contribution in [-0.2, 0) is 0 Å². The molecule has 0 fully saturated rings. The topological polar surface area (TPSA) is 60.7 Å². The monoisotopic (exact) mass is 323 g/mol. The highest BCUT2D eigenvalue weighted by molar-refractivity contribution is 5.95. The fourth-order valence-corrected chi connectivity index (χ4v) is 2.75. The Morgan fingerprint density at radius 1 is 1.04 bits per heavy atom. The Labute approximate surface area is 139 Å². The number of carbonyl (C=O) groups excluding carboxylic acids is 1. The van der Waals surface area contributed by atoms with Crippen LogP contribution < -0.4 is 14.8 Å². The summed E-state index contributed by atoms with van der Waals surface area (Å²) in [4.78, 5) is 12.5. The summed E-state index contributed by atoms with van der Waals surface area (Å²) < 4.78 is 16.8. The number of furan rings is 1. The number of para-hydroxylation sites is 1. The molecule has 0 saturated heterocycles. The van der Waals surface area contributed by atoms with Gasteiger partial charge in [-0.15, -0.1) is 0 Å². The van der Waals surface area contributed by atoms with Crippen LogP contribution in [0.5, 0.6) is 11.5 Å². The van der Waals surface area contributed by atoms with Gasteiger partial charge < -0.3 is 19.2 Å². The summed E-state index contributed by atoms with van der Waals surface area (Å²) >= 11 is 0. The molecule has 3 aromatic rings. The van der Waals surface area contributed by atoms with E-state index >= 15 is 0 Å². The first-order chi connectivity index (χ1) is 11.7. The maximum absolute atomic E-state index is 12.5. The lowest BCUT2D eigenvalue weighted by atomic mass is 10.1. The Kier molecular flexibility index (Phi) is 3.61. The Morgan fingerprint density at radius 3 is 2.67 bits per heavy atom. The molecule has 0 bridgehead atoms. The van der Waals surface area contributed by atoms with E-state index < -0.39 is 0 Å². The molecule has 1 amide bonds. The Hall–Kier alpha value is -2.95. The van der Waals surface area contributed by atoms with Crippen molar-refractivity contribution in [3.8, 4) is 11.5 Å². The number of rotatable bonds is 3. The van der Waals surface area contributed by atoms with E-state index in [9.17, 15) is 4.79 Å². The van der Waals surface area contributed by atoms with Gasteiger partial charge in [0.05, 0.1) is 6.04 Å². The van der Waals surface area contributed by atoms with Crippen LogP contribution in [0.3, 0.4) is 0 Å². The van der Waals surface area contributed by atoms with Crippen LogP contribution in [0.25, 0.3) is 11.0 Å². The second kappa shape index (κ2) is 5.92. The van der Waals surface area contributed by atoms with Gasteiger partial charge in [-0.25, -0.2) is 0 Å². The van der Waals surface area contributed by atoms with Crippen molar-refractivity contribution >= 4 is 16.9 Å². The SMILES string of the molecule is CC(NC(=O)c1ccc2c(c1)OCCO2)c1cc2ccccc2o1. The first-order valence-corrected chi connectivity index (χ1v) is 7.90. The summed E-state index contributed by atoms with van der Waals surface area (Å²) in [5, 5.41) is 3.97. The number of amides is 1. The molecule has 1 aliphatic heterocycles. The number of hydrogen-bond donors (Lipinski definition) is 1. The number of fused-ring (bicyclic) bond motifs is 2. The summed E-state index contributed by atoms with van der Waals surface area (Å²) in [7, 11) is 0. The predicted molar refractivity (Wildman–Crippen MR) is 89.5 cm³/mol. The Balaban J connectivity index is 1.52. The molecule has 2 heterocycles. The molecule has 0 radical (unpaired) electrons. The van der Waals surface area contributed by atoms with Crippen molar-refractivity contribution in [2.45, 2.75) is 13.0 Å². The van der Waals surface area contributed by atoms with Crippen molar-refractivity contribution in [1.82, 2.24) is 5.32 Å². The van der Waals surface area contributed by atoms with E-state index in [1.54, 1.807) is 18.2 Å². The number of benzene rings is 2. The standard InChI is InChI=1S/C19H17NO4/c1-12(17-10-13-4-2-3-5-15(13)24-17)20-19(21)14-6-7-16-18(11-14)23-9-8-22-16/h2-7,10-12H,8-9H2,1H3,(H,20,21). The molecule has 0 saturated carbocycles. The lowest BCUT2D eigenvalue weighted by Crippen LogP contribution is -2.26. The molecule has 5 nitrogen and oxygen atoms in total. The zero-order chi connectivity index (χ0) is 16.5. The van der Waals surface area contributed by atoms with Crippen molar-refractivity contribution in [3.63, 3.8) is 0 Å². The molecule has 2 aromatic carbocycles. The highest BCUT2D eigenvalue weighted by Gasteiger charge is 2.18. The van der Waals surface area contributed by atoms with E-state index in [-0.39, 0.29) is 11.9 Å². The largest absolute Gasteiger partial charge is 0.486 e. The van der Waals surface area contributed by atoms with Crippen LogP contribution in [0.1, 0.15) is 29.1 Å². The van der Waals surface area contributed by atoms with E-state index in [1.807, 2.05) is 37.3 Å². The molecule has 122 valence electrons. The van der Waals surface area contributed by atoms with Crippen molar-refractivity contribution < 1.29 is 18.7 Å². The third-order valence-corrected chi connectivity index (χ3v) is 4.02. The first-order valence-electron chi connectivity index (χ1n) is 7.90. The Morgan fingerprint density at radius 2 is 1.83 bits per heavy atom. The molecule has 5 heteroatoms. The van der Waals surface area contributed by atoms with Gasteiger partial charge in [-0.1, -0.05) is 18.2 Å². The predicted octanol–water partition coefficient (Wildman–Crippen LogP) is 3.70. The zero-order valence-corrected chi connectivity index (χ0v) is 13.2. The molecule has 0 aliphatic carbocycles. The van der Waals surface area contributed by atoms with Gasteiger partial charge in [-0.2, -0.15) is 0 Å². The van der Waals surface area contributed by atoms with Gasteiger partial charge in [0.25, 0.3) is 5.91 Å². The fourth-order valence-electron chi connectivity index (χ4n) is 2.75. The third-order valence-electron chi connectivity index (χ3n) is 4.02. The van der Waals surface area contributed by atoms with Gasteiger partial charge >= 0.3 is 0 Å². The Bertz CT molecular complexity index is 866. The number of nitrogens with one attached hydrogen (secondary N) is 1. The van der Waals surface area contributed by atoms with E-state index in [1.165, 1.54) is 0 Å². The minimum atomic E-state index is -0.238. The second-order valence-corrected chi connectivity index (χ2v) is 5.74. The summed E-state index contributed by atoms with van der Waals surface area (Å²) in [5.74, 6) is 1.82. The van der Waals surface area contributed by atoms with Gasteiger partial charge in [-0.05, 0) is 37.3 Å². The molecule has 0 spiro atoms. The normalized spacial score (nSPS) is 14.4. The molecule has 1 aliphatic rings. The molecule has 1 aromatic heterocycles. The summed E-state index contributed by atoms with van der Waals surface area (Å²) in [6.07, 6.45) is 0. The zero-order valence-electron chi connectivity index (χ0n) is 13.2. The second-order valence-electron chi connectivity index (χ2n) is 5.74. The average molecular weight is 323 g/mol. The number of carbonyl (C=O) groups is 1. The van der Waals surface area contributed by atoms with Gasteiger partial charge in [0.2, 0.25) is 0 Å². The maximum atomic E-state index is 12.5. The molecule has 4 rings (SSSR count). The van der Waals surface area contributed by atoms with Gasteiger partial charge in [0.1, 0.15) is 24.6 Å². The summed E-state index contributed by atoms with van der Waals surface area (Å²) in [6, 6.07) is 14.7. The van der Waals surface area contributed by atoms with E-state index in [2.05, 4.69) is 5.32 Å². The van der Waals surface area contributed by atoms with Gasteiger partial charge in [-0.3, -0.25) is 4.79 Å². The smallest absolute Gasteiger partial charge is 0.252 e. The molecule has 1 N–H and O–H groups in total. The van der Waals surface area contributed by atoms with Gasteiger partial charge in [0.15, 0.2) is 11.5 Å². The fraction of sp³-hybridized carbons (Fsp3) is 0.211. The van der Waals surface area contributed by atoms with Crippen LogP contribution >= 0.6 is 0 Å². The molecular formula is C19H17NO4. The quantitative estimate of drug-likeness (QED) is 0.798.